The van der Waals surface area contributed by atoms with Gasteiger partial charge in [-0.15, -0.1) is 0 Å². The average Bonchev–Trinajstić information content (AvgIpc) is 2.88. The van der Waals surface area contributed by atoms with E-state index >= 15 is 0 Å². The van der Waals surface area contributed by atoms with Crippen LogP contribution < -0.4 is 0 Å². The van der Waals surface area contributed by atoms with Gasteiger partial charge in [-0.2, -0.15) is 0 Å². The monoisotopic (exact) mass is 599 g/mol. The first-order valence-electron chi connectivity index (χ1n) is 16.9. The van der Waals surface area contributed by atoms with Crippen LogP contribution in [0.3, 0.4) is 0 Å². The lowest BCUT2D eigenvalue weighted by Gasteiger charge is -2.61. The summed E-state index contributed by atoms with van der Waals surface area (Å²) in [6.45, 7) is 21.8. The Balaban J connectivity index is 5.18. The summed E-state index contributed by atoms with van der Waals surface area (Å²) < 4.78 is 12.7. The van der Waals surface area contributed by atoms with E-state index in [9.17, 15) is 4.79 Å². The van der Waals surface area contributed by atoms with E-state index in [1.54, 1.807) is 6.92 Å². The van der Waals surface area contributed by atoms with Crippen LogP contribution in [0, 0.1) is 10.8 Å². The second kappa shape index (κ2) is 20.5. The molecule has 2 unspecified atom stereocenters. The van der Waals surface area contributed by atoms with Gasteiger partial charge in [0.15, 0.2) is 0 Å². The van der Waals surface area contributed by atoms with E-state index < -0.39 is 9.76 Å². The lowest BCUT2D eigenvalue weighted by atomic mass is 9.57. The molecule has 0 aliphatic carbocycles. The number of ether oxygens (including phenoxy) is 1. The molecule has 2 atom stereocenters. The van der Waals surface area contributed by atoms with Gasteiger partial charge in [0.25, 0.3) is 0 Å². The van der Waals surface area contributed by atoms with Gasteiger partial charge in [-0.1, -0.05) is 125 Å². The quantitative estimate of drug-likeness (QED) is 0.0333. The van der Waals surface area contributed by atoms with E-state index in [2.05, 4.69) is 62.2 Å². The Morgan fingerprint density at radius 3 is 1.65 bits per heavy atom. The molecule has 0 saturated heterocycles. The molecule has 0 heterocycles. The normalized spacial score (nSPS) is 15.8. The second-order valence-electron chi connectivity index (χ2n) is 14.3. The maximum atomic E-state index is 12.0. The van der Waals surface area contributed by atoms with Crippen molar-refractivity contribution < 1.29 is 18.1 Å². The Kier molecular flexibility index (Phi) is 20.2. The van der Waals surface area contributed by atoms with E-state index in [0.717, 1.165) is 27.8 Å². The molecule has 0 N–H and O–H groups in total. The number of nitrogens with zero attached hydrogens (tertiary/aromatic N) is 1. The van der Waals surface area contributed by atoms with Gasteiger partial charge in [-0.25, -0.2) is 4.79 Å². The zero-order chi connectivity index (χ0) is 30.7. The third-order valence-electron chi connectivity index (χ3n) is 10.7. The molecule has 0 amide bonds. The van der Waals surface area contributed by atoms with Gasteiger partial charge in [0.2, 0.25) is 9.76 Å². The number of rotatable bonds is 26. The number of unbranched alkanes of at least 4 members (excludes halogenated alkanes) is 12. The van der Waals surface area contributed by atoms with Crippen molar-refractivity contribution >= 4 is 26.2 Å². The van der Waals surface area contributed by atoms with Gasteiger partial charge in [0, 0.05) is 11.0 Å². The molecule has 0 aliphatic heterocycles. The molecule has 238 valence electrons. The Labute approximate surface area is 256 Å². The predicted octanol–water partition coefficient (Wildman–Crippen LogP) is 7.98. The van der Waals surface area contributed by atoms with E-state index in [4.69, 9.17) is 8.85 Å². The Hall–Kier alpha value is -0.436. The van der Waals surface area contributed by atoms with Crippen molar-refractivity contribution in [1.29, 1.82) is 0 Å². The fourth-order valence-corrected chi connectivity index (χ4v) is 10.4. The van der Waals surface area contributed by atoms with Crippen molar-refractivity contribution in [3.63, 3.8) is 0 Å². The minimum atomic E-state index is -0.738. The summed E-state index contributed by atoms with van der Waals surface area (Å²) in [5, 5.41) is 0.116. The SMILES string of the molecule is C=C(C)C(=O)OCCCC(C)(CCCCCCCCCCCCCCC)C(C)(C)C(C)([SiH2]O[SiH3])[N+](C)(C)CCC. The molecule has 4 nitrogen and oxygen atoms in total. The zero-order valence-corrected chi connectivity index (χ0v) is 32.4. The van der Waals surface area contributed by atoms with E-state index in [1.165, 1.54) is 103 Å². The number of hydrogen-bond donors (Lipinski definition) is 0. The molecule has 6 heteroatoms. The van der Waals surface area contributed by atoms with E-state index in [1.807, 2.05) is 0 Å². The van der Waals surface area contributed by atoms with Crippen LogP contribution in [0.2, 0.25) is 0 Å². The first-order chi connectivity index (χ1) is 18.8. The van der Waals surface area contributed by atoms with Gasteiger partial charge < -0.3 is 13.3 Å². The fourth-order valence-electron chi connectivity index (χ4n) is 6.88. The molecule has 0 aliphatic rings. The molecule has 0 aromatic carbocycles. The highest BCUT2D eigenvalue weighted by atomic mass is 28.3. The molecular weight excluding hydrogens is 527 g/mol. The minimum absolute atomic E-state index is 0.0881. The number of carbonyl (C=O) groups is 1. The summed E-state index contributed by atoms with van der Waals surface area (Å²) in [6, 6.07) is 0. The Morgan fingerprint density at radius 2 is 1.23 bits per heavy atom. The summed E-state index contributed by atoms with van der Waals surface area (Å²) in [6.07, 6.45) is 22.4. The molecule has 0 fully saturated rings. The second-order valence-corrected chi connectivity index (χ2v) is 18.3. The molecular formula is C34H72NO3Si2+. The van der Waals surface area contributed by atoms with Crippen molar-refractivity contribution in [3.05, 3.63) is 12.2 Å². The number of esters is 1. The number of hydrogen-bond acceptors (Lipinski definition) is 3. The maximum absolute atomic E-state index is 12.0. The average molecular weight is 599 g/mol. The van der Waals surface area contributed by atoms with Crippen LogP contribution in [0.5, 0.6) is 0 Å². The fraction of sp³-hybridized carbons (Fsp3) is 0.912. The largest absolute Gasteiger partial charge is 0.464 e. The van der Waals surface area contributed by atoms with E-state index in [-0.39, 0.29) is 22.0 Å². The van der Waals surface area contributed by atoms with Crippen LogP contribution in [0.15, 0.2) is 12.2 Å². The first-order valence-corrected chi connectivity index (χ1v) is 19.0. The lowest BCUT2D eigenvalue weighted by molar-refractivity contribution is -0.935. The molecule has 0 rings (SSSR count). The Bertz CT molecular complexity index is 697. The van der Waals surface area contributed by atoms with Crippen molar-refractivity contribution in [2.75, 3.05) is 27.2 Å². The minimum Gasteiger partial charge on any atom is -0.464 e. The molecule has 0 aromatic rings. The van der Waals surface area contributed by atoms with Crippen molar-refractivity contribution in [2.24, 2.45) is 10.8 Å². The summed E-state index contributed by atoms with van der Waals surface area (Å²) in [7, 11) is 4.94. The van der Waals surface area contributed by atoms with Crippen LogP contribution in [-0.4, -0.2) is 63.1 Å². The van der Waals surface area contributed by atoms with Gasteiger partial charge in [-0.05, 0) is 44.9 Å². The first kappa shape index (κ1) is 39.6. The third-order valence-corrected chi connectivity index (χ3v) is 14.1. The molecule has 0 aromatic heterocycles. The zero-order valence-electron chi connectivity index (χ0n) is 29.0. The van der Waals surface area contributed by atoms with Crippen LogP contribution in [0.25, 0.3) is 0 Å². The van der Waals surface area contributed by atoms with Gasteiger partial charge in [0.05, 0.1) is 27.2 Å². The molecule has 0 saturated carbocycles. The standard InChI is InChI=1S/C34H72NO3Si2/c1-11-13-14-15-16-17-18-19-20-21-22-23-24-26-33(7,27-25-29-37-31(36)30(3)4)32(5,6)34(8,40-38-39)35(9,10)28-12-2/h3,11-29,40H2,1-2,4-10,39H3/q+1. The van der Waals surface area contributed by atoms with Crippen LogP contribution in [-0.2, 0) is 13.6 Å². The highest BCUT2D eigenvalue weighted by Gasteiger charge is 2.59. The number of quaternary nitrogens is 1. The smallest absolute Gasteiger partial charge is 0.333 e. The van der Waals surface area contributed by atoms with Crippen molar-refractivity contribution in [3.8, 4) is 0 Å². The molecule has 0 spiro atoms. The maximum Gasteiger partial charge on any atom is 0.333 e. The van der Waals surface area contributed by atoms with Crippen LogP contribution in [0.4, 0.5) is 0 Å². The predicted molar refractivity (Wildman–Crippen MR) is 182 cm³/mol. The summed E-state index contributed by atoms with van der Waals surface area (Å²) >= 11 is 0. The van der Waals surface area contributed by atoms with Gasteiger partial charge >= 0.3 is 5.97 Å². The number of carbonyl (C=O) groups excluding carboxylic acids is 1. The highest BCUT2D eigenvalue weighted by molar-refractivity contribution is 6.38. The highest BCUT2D eigenvalue weighted by Crippen LogP contribution is 2.55. The van der Waals surface area contributed by atoms with Crippen molar-refractivity contribution in [1.82, 2.24) is 0 Å². The van der Waals surface area contributed by atoms with Crippen LogP contribution in [0.1, 0.15) is 158 Å². The topological polar surface area (TPSA) is 35.5 Å². The molecule has 0 bridgehead atoms. The summed E-state index contributed by atoms with van der Waals surface area (Å²) in [5.41, 5.74) is 0.715. The summed E-state index contributed by atoms with van der Waals surface area (Å²) in [5.74, 6) is -0.264. The lowest BCUT2D eigenvalue weighted by Crippen LogP contribution is -2.71. The third kappa shape index (κ3) is 12.8. The summed E-state index contributed by atoms with van der Waals surface area (Å²) in [4.78, 5) is 12.0. The Morgan fingerprint density at radius 1 is 0.775 bits per heavy atom. The molecule has 40 heavy (non-hydrogen) atoms. The van der Waals surface area contributed by atoms with Gasteiger partial charge in [0.1, 0.15) is 15.6 Å². The van der Waals surface area contributed by atoms with E-state index in [0.29, 0.717) is 12.2 Å². The molecule has 0 radical (unpaired) electrons. The van der Waals surface area contributed by atoms with Crippen molar-refractivity contribution in [2.45, 2.75) is 163 Å². The van der Waals surface area contributed by atoms with Crippen LogP contribution >= 0.6 is 0 Å². The van der Waals surface area contributed by atoms with Gasteiger partial charge in [-0.3, -0.25) is 0 Å².